The van der Waals surface area contributed by atoms with Gasteiger partial charge in [-0.05, 0) is 32.9 Å². The summed E-state index contributed by atoms with van der Waals surface area (Å²) in [4.78, 5) is 40.1. The number of primary amides is 1. The molecular weight excluding hydrogens is 449 g/mol. The van der Waals surface area contributed by atoms with Gasteiger partial charge in [0.2, 0.25) is 5.78 Å². The minimum Gasteiger partial charge on any atom is -0.508 e. The van der Waals surface area contributed by atoms with Crippen LogP contribution in [0, 0.1) is 17.7 Å². The van der Waals surface area contributed by atoms with E-state index in [0.717, 1.165) is 0 Å². The van der Waals surface area contributed by atoms with Gasteiger partial charge in [-0.2, -0.15) is 0 Å². The van der Waals surface area contributed by atoms with Crippen molar-refractivity contribution in [2.45, 2.75) is 37.6 Å². The number of benzene rings is 1. The van der Waals surface area contributed by atoms with Crippen molar-refractivity contribution in [3.8, 4) is 5.75 Å². The topological polar surface area (TPSA) is 173 Å². The summed E-state index contributed by atoms with van der Waals surface area (Å²) in [6.45, 7) is 0.382. The second-order valence-corrected chi connectivity index (χ2v) is 9.54. The molecule has 0 spiro atoms. The Hall–Kier alpha value is -3.28. The summed E-state index contributed by atoms with van der Waals surface area (Å²) in [5, 5.41) is 47.1. The number of fused-ring (bicyclic) bond motifs is 4. The third-order valence-electron chi connectivity index (χ3n) is 7.64. The number of rotatable bonds is 2. The van der Waals surface area contributed by atoms with Crippen LogP contribution in [-0.2, 0) is 33.9 Å². The predicted molar refractivity (Wildman–Crippen MR) is 115 cm³/mol. The number of aliphatic hydroxyl groups excluding tert-OH is 2. The number of phenolic OH excluding ortho intramolecular Hbond substituents is 1. The molecule has 1 fully saturated rings. The van der Waals surface area contributed by atoms with Gasteiger partial charge in [0.05, 0.1) is 11.6 Å². The van der Waals surface area contributed by atoms with Crippen molar-refractivity contribution in [2.24, 2.45) is 17.6 Å². The van der Waals surface area contributed by atoms with Crippen molar-refractivity contribution in [3.05, 3.63) is 45.0 Å². The molecular formula is C23H24FN3O7. The summed E-state index contributed by atoms with van der Waals surface area (Å²) in [5.74, 6) is -8.04. The number of aliphatic hydroxyl groups is 3. The first kappa shape index (κ1) is 22.5. The van der Waals surface area contributed by atoms with E-state index in [1.165, 1.54) is 19.0 Å². The lowest BCUT2D eigenvalue weighted by atomic mass is 9.57. The Morgan fingerprint density at radius 1 is 1.15 bits per heavy atom. The van der Waals surface area contributed by atoms with Crippen molar-refractivity contribution in [1.29, 1.82) is 0 Å². The first-order valence-electron chi connectivity index (χ1n) is 10.8. The Balaban J connectivity index is 1.76. The number of carbonyl (C=O) groups is 3. The number of nitrogens with zero attached hydrogens (tertiary/aromatic N) is 1. The van der Waals surface area contributed by atoms with Gasteiger partial charge in [0.1, 0.15) is 28.7 Å². The Kier molecular flexibility index (Phi) is 4.71. The van der Waals surface area contributed by atoms with Gasteiger partial charge in [-0.15, -0.1) is 0 Å². The molecule has 4 atom stereocenters. The Bertz CT molecular complexity index is 1270. The molecule has 1 aliphatic heterocycles. The van der Waals surface area contributed by atoms with E-state index in [1.807, 2.05) is 0 Å². The van der Waals surface area contributed by atoms with Crippen LogP contribution in [0.3, 0.4) is 0 Å². The molecule has 0 bridgehead atoms. The van der Waals surface area contributed by atoms with Crippen LogP contribution < -0.4 is 11.1 Å². The predicted octanol–water partition coefficient (Wildman–Crippen LogP) is -0.294. The lowest BCUT2D eigenvalue weighted by molar-refractivity contribution is -0.153. The summed E-state index contributed by atoms with van der Waals surface area (Å²) < 4.78 is 15.4. The number of halogens is 1. The zero-order chi connectivity index (χ0) is 24.9. The molecule has 1 saturated carbocycles. The molecule has 1 aromatic carbocycles. The molecule has 3 aliphatic carbocycles. The molecule has 7 N–H and O–H groups in total. The number of hydrogen-bond acceptors (Lipinski definition) is 9. The number of nitrogens with one attached hydrogen (secondary N) is 1. The Labute approximate surface area is 193 Å². The van der Waals surface area contributed by atoms with E-state index in [0.29, 0.717) is 0 Å². The average Bonchev–Trinajstić information content (AvgIpc) is 3.24. The smallest absolute Gasteiger partial charge is 0.255 e. The van der Waals surface area contributed by atoms with Crippen molar-refractivity contribution in [2.75, 3.05) is 14.1 Å². The van der Waals surface area contributed by atoms with Crippen molar-refractivity contribution >= 4 is 23.2 Å². The highest BCUT2D eigenvalue weighted by Crippen LogP contribution is 2.53. The number of aromatic hydroxyl groups is 1. The van der Waals surface area contributed by atoms with E-state index < -0.39 is 63.9 Å². The summed E-state index contributed by atoms with van der Waals surface area (Å²) in [5.41, 5.74) is 1.79. The van der Waals surface area contributed by atoms with E-state index in [-0.39, 0.29) is 59.5 Å². The van der Waals surface area contributed by atoms with E-state index in [4.69, 9.17) is 5.73 Å². The monoisotopic (exact) mass is 473 g/mol. The Morgan fingerprint density at radius 3 is 2.41 bits per heavy atom. The van der Waals surface area contributed by atoms with Crippen LogP contribution in [0.5, 0.6) is 5.75 Å². The van der Waals surface area contributed by atoms with E-state index >= 15 is 4.39 Å². The van der Waals surface area contributed by atoms with Gasteiger partial charge in [-0.3, -0.25) is 19.3 Å². The van der Waals surface area contributed by atoms with Crippen LogP contribution >= 0.6 is 0 Å². The maximum atomic E-state index is 15.4. The fraction of sp³-hybridized carbons (Fsp3) is 0.435. The molecule has 11 heteroatoms. The molecule has 1 heterocycles. The van der Waals surface area contributed by atoms with E-state index in [9.17, 15) is 34.8 Å². The minimum absolute atomic E-state index is 0.0468. The number of amides is 1. The van der Waals surface area contributed by atoms with Crippen molar-refractivity contribution in [1.82, 2.24) is 10.2 Å². The number of phenols is 1. The Morgan fingerprint density at radius 2 is 1.79 bits per heavy atom. The summed E-state index contributed by atoms with van der Waals surface area (Å²) >= 11 is 0. The van der Waals surface area contributed by atoms with Crippen LogP contribution in [0.4, 0.5) is 4.39 Å². The highest BCUT2D eigenvalue weighted by Gasteiger charge is 2.64. The molecule has 34 heavy (non-hydrogen) atoms. The first-order valence-corrected chi connectivity index (χ1v) is 10.8. The normalized spacial score (nSPS) is 30.3. The van der Waals surface area contributed by atoms with Gasteiger partial charge in [0.15, 0.2) is 11.4 Å². The van der Waals surface area contributed by atoms with Gasteiger partial charge in [0.25, 0.3) is 5.91 Å². The molecule has 0 radical (unpaired) electrons. The standard InChI is InChI=1S/C23H24FN3O7/c1-27(2)16-11-4-7-3-8-13(17(28)10-6-26-5-9(10)15(8)24)18(29)12(7)20(31)23(11,34)21(32)14(19(16)30)22(25)33/h7,11,16,26,28-29,32,34H,3-6H2,1-2H3,(H2,25,33)/t7-,11-,16-,23-/m0/s1. The van der Waals surface area contributed by atoms with Crippen LogP contribution in [0.25, 0.3) is 5.76 Å². The van der Waals surface area contributed by atoms with Crippen LogP contribution in [0.2, 0.25) is 0 Å². The molecule has 0 aromatic heterocycles. The maximum Gasteiger partial charge on any atom is 0.255 e. The van der Waals surface area contributed by atoms with Gasteiger partial charge >= 0.3 is 0 Å². The zero-order valence-electron chi connectivity index (χ0n) is 18.5. The molecule has 0 unspecified atom stereocenters. The second kappa shape index (κ2) is 7.11. The third kappa shape index (κ3) is 2.57. The fourth-order valence-corrected chi connectivity index (χ4v) is 6.13. The third-order valence-corrected chi connectivity index (χ3v) is 7.64. The number of hydrogen-bond donors (Lipinski definition) is 6. The number of likely N-dealkylation sites (N-methyl/N-ethyl adjacent to an activating group) is 1. The number of Topliss-reactive ketones (excluding diaryl/α,β-unsaturated/α-hetero) is 2. The molecule has 1 aromatic rings. The van der Waals surface area contributed by atoms with E-state index in [1.54, 1.807) is 0 Å². The minimum atomic E-state index is -2.71. The van der Waals surface area contributed by atoms with Gasteiger partial charge < -0.3 is 31.5 Å². The van der Waals surface area contributed by atoms with Crippen LogP contribution in [0.1, 0.15) is 28.7 Å². The molecule has 4 aliphatic rings. The molecule has 5 rings (SSSR count). The SMILES string of the molecule is CN(C)[C@@H]1C(=O)C(C(N)=O)=C(O)[C@@]2(O)C(=O)C3=C(O)c4c(O)c5c(c(F)c4C[C@H]3C[C@@H]12)CNC5. The largest absolute Gasteiger partial charge is 0.508 e. The van der Waals surface area contributed by atoms with Gasteiger partial charge in [-0.1, -0.05) is 0 Å². The molecule has 180 valence electrons. The van der Waals surface area contributed by atoms with Gasteiger partial charge in [-0.25, -0.2) is 4.39 Å². The summed E-state index contributed by atoms with van der Waals surface area (Å²) in [6.07, 6.45) is -0.150. The summed E-state index contributed by atoms with van der Waals surface area (Å²) in [6, 6.07) is -1.18. The van der Waals surface area contributed by atoms with Crippen molar-refractivity contribution < 1.29 is 39.2 Å². The quantitative estimate of drug-likeness (QED) is 0.315. The first-order chi connectivity index (χ1) is 15.9. The summed E-state index contributed by atoms with van der Waals surface area (Å²) in [7, 11) is 3.03. The lowest BCUT2D eigenvalue weighted by Crippen LogP contribution is -2.65. The van der Waals surface area contributed by atoms with Gasteiger partial charge in [0, 0.05) is 41.3 Å². The fourth-order valence-electron chi connectivity index (χ4n) is 6.13. The average molecular weight is 473 g/mol. The maximum absolute atomic E-state index is 15.4. The molecule has 1 amide bonds. The number of ketones is 2. The van der Waals surface area contributed by atoms with Crippen molar-refractivity contribution in [3.63, 3.8) is 0 Å². The highest BCUT2D eigenvalue weighted by atomic mass is 19.1. The number of carbonyl (C=O) groups excluding carboxylic acids is 3. The highest BCUT2D eigenvalue weighted by molar-refractivity contribution is 6.24. The molecule has 10 nitrogen and oxygen atoms in total. The molecule has 0 saturated heterocycles. The second-order valence-electron chi connectivity index (χ2n) is 9.54. The zero-order valence-corrected chi connectivity index (χ0v) is 18.5. The van der Waals surface area contributed by atoms with Crippen LogP contribution in [0.15, 0.2) is 16.9 Å². The van der Waals surface area contributed by atoms with E-state index in [2.05, 4.69) is 5.32 Å². The van der Waals surface area contributed by atoms with Crippen LogP contribution in [-0.4, -0.2) is 68.5 Å². The lowest BCUT2D eigenvalue weighted by Gasteiger charge is -2.50. The number of nitrogens with two attached hydrogens (primary N) is 1.